The second kappa shape index (κ2) is 8.50. The molecule has 0 amide bonds. The van der Waals surface area contributed by atoms with Crippen molar-refractivity contribution in [3.8, 4) is 0 Å². The van der Waals surface area contributed by atoms with E-state index in [-0.39, 0.29) is 12.4 Å². The lowest BCUT2D eigenvalue weighted by Crippen LogP contribution is -2.28. The van der Waals surface area contributed by atoms with Crippen LogP contribution in [0, 0.1) is 0 Å². The van der Waals surface area contributed by atoms with Crippen LogP contribution in [-0.2, 0) is 12.8 Å². The van der Waals surface area contributed by atoms with Crippen molar-refractivity contribution >= 4 is 18.1 Å². The molecular formula is C16H27ClN2O. The first kappa shape index (κ1) is 17.3. The Kier molecular flexibility index (Phi) is 7.35. The molecule has 4 heteroatoms. The summed E-state index contributed by atoms with van der Waals surface area (Å²) in [7, 11) is 0. The number of nitrogens with one attached hydrogen (secondary N) is 1. The number of anilines is 1. The van der Waals surface area contributed by atoms with E-state index in [1.807, 2.05) is 0 Å². The molecule has 2 rings (SSSR count). The highest BCUT2D eigenvalue weighted by molar-refractivity contribution is 5.85. The first-order chi connectivity index (χ1) is 9.24. The maximum Gasteiger partial charge on any atom is 0.128 e. The van der Waals surface area contributed by atoms with Gasteiger partial charge in [0.2, 0.25) is 0 Å². The van der Waals surface area contributed by atoms with Crippen LogP contribution in [0.1, 0.15) is 37.8 Å². The molecule has 1 heterocycles. The molecule has 0 aromatic heterocycles. The monoisotopic (exact) mass is 298 g/mol. The van der Waals surface area contributed by atoms with Gasteiger partial charge in [-0.15, -0.1) is 12.4 Å². The summed E-state index contributed by atoms with van der Waals surface area (Å²) in [5.74, 6) is 0. The van der Waals surface area contributed by atoms with Crippen molar-refractivity contribution in [3.05, 3.63) is 29.3 Å². The molecule has 114 valence electrons. The fourth-order valence-corrected chi connectivity index (χ4v) is 2.92. The third kappa shape index (κ3) is 4.37. The molecule has 1 aromatic carbocycles. The molecule has 0 saturated carbocycles. The highest BCUT2D eigenvalue weighted by atomic mass is 35.5. The average molecular weight is 299 g/mol. The van der Waals surface area contributed by atoms with Crippen molar-refractivity contribution < 1.29 is 5.11 Å². The highest BCUT2D eigenvalue weighted by Gasteiger charge is 2.20. The van der Waals surface area contributed by atoms with E-state index < -0.39 is 6.23 Å². The molecule has 0 fully saturated rings. The number of nitrogens with zero attached hydrogens (tertiary/aromatic N) is 1. The molecule has 1 atom stereocenters. The van der Waals surface area contributed by atoms with Gasteiger partial charge in [0, 0.05) is 18.7 Å². The largest absolute Gasteiger partial charge is 0.373 e. The normalized spacial score (nSPS) is 16.7. The van der Waals surface area contributed by atoms with E-state index in [0.29, 0.717) is 0 Å². The summed E-state index contributed by atoms with van der Waals surface area (Å²) in [5.41, 5.74) is 3.81. The van der Waals surface area contributed by atoms with E-state index in [0.717, 1.165) is 25.1 Å². The summed E-state index contributed by atoms with van der Waals surface area (Å²) in [6, 6.07) is 6.35. The summed E-state index contributed by atoms with van der Waals surface area (Å²) in [4.78, 5) is 2.54. The molecule has 1 aromatic rings. The SMILES string of the molecule is CCCN(CCC)CCc1cccc2c1CC(O)N2.Cl. The number of rotatable bonds is 7. The van der Waals surface area contributed by atoms with Crippen LogP contribution >= 0.6 is 12.4 Å². The van der Waals surface area contributed by atoms with Crippen molar-refractivity contribution in [2.45, 2.75) is 45.8 Å². The molecule has 2 N–H and O–H groups in total. The van der Waals surface area contributed by atoms with Gasteiger partial charge in [-0.25, -0.2) is 0 Å². The lowest BCUT2D eigenvalue weighted by molar-refractivity contribution is 0.212. The number of fused-ring (bicyclic) bond motifs is 1. The zero-order valence-corrected chi connectivity index (χ0v) is 13.4. The summed E-state index contributed by atoms with van der Waals surface area (Å²) in [6.45, 7) is 7.97. The second-order valence-electron chi connectivity index (χ2n) is 5.40. The quantitative estimate of drug-likeness (QED) is 0.812. The Hall–Kier alpha value is -0.770. The zero-order valence-electron chi connectivity index (χ0n) is 12.6. The van der Waals surface area contributed by atoms with Crippen molar-refractivity contribution in [1.29, 1.82) is 0 Å². The van der Waals surface area contributed by atoms with E-state index in [1.165, 1.54) is 37.1 Å². The van der Waals surface area contributed by atoms with Gasteiger partial charge in [0.15, 0.2) is 0 Å². The van der Waals surface area contributed by atoms with Crippen LogP contribution in [0.4, 0.5) is 5.69 Å². The molecule has 3 nitrogen and oxygen atoms in total. The predicted octanol–water partition coefficient (Wildman–Crippen LogP) is 3.06. The first-order valence-electron chi connectivity index (χ1n) is 7.52. The summed E-state index contributed by atoms with van der Waals surface area (Å²) in [6.07, 6.45) is 3.85. The summed E-state index contributed by atoms with van der Waals surface area (Å²) >= 11 is 0. The molecular weight excluding hydrogens is 272 g/mol. The van der Waals surface area contributed by atoms with Gasteiger partial charge in [0.25, 0.3) is 0 Å². The van der Waals surface area contributed by atoms with Gasteiger partial charge in [-0.3, -0.25) is 0 Å². The lowest BCUT2D eigenvalue weighted by atomic mass is 10.0. The van der Waals surface area contributed by atoms with Crippen LogP contribution in [0.25, 0.3) is 0 Å². The van der Waals surface area contributed by atoms with Crippen molar-refractivity contribution in [2.75, 3.05) is 25.0 Å². The van der Waals surface area contributed by atoms with Gasteiger partial charge < -0.3 is 15.3 Å². The maximum atomic E-state index is 9.70. The van der Waals surface area contributed by atoms with E-state index in [9.17, 15) is 5.11 Å². The van der Waals surface area contributed by atoms with Crippen LogP contribution in [0.15, 0.2) is 18.2 Å². The maximum absolute atomic E-state index is 9.70. The lowest BCUT2D eigenvalue weighted by Gasteiger charge is -2.21. The van der Waals surface area contributed by atoms with E-state index in [1.54, 1.807) is 0 Å². The number of aliphatic hydroxyl groups is 1. The Morgan fingerprint density at radius 3 is 2.55 bits per heavy atom. The van der Waals surface area contributed by atoms with Gasteiger partial charge >= 0.3 is 0 Å². The minimum atomic E-state index is -0.404. The molecule has 0 spiro atoms. The number of hydrogen-bond acceptors (Lipinski definition) is 3. The van der Waals surface area contributed by atoms with Crippen LogP contribution in [0.3, 0.4) is 0 Å². The van der Waals surface area contributed by atoms with Crippen molar-refractivity contribution in [1.82, 2.24) is 4.90 Å². The number of halogens is 1. The second-order valence-corrected chi connectivity index (χ2v) is 5.40. The first-order valence-corrected chi connectivity index (χ1v) is 7.52. The third-order valence-corrected chi connectivity index (χ3v) is 3.77. The van der Waals surface area contributed by atoms with Crippen LogP contribution in [0.5, 0.6) is 0 Å². The van der Waals surface area contributed by atoms with E-state index in [4.69, 9.17) is 0 Å². The zero-order chi connectivity index (χ0) is 13.7. The fraction of sp³-hybridized carbons (Fsp3) is 0.625. The molecule has 0 aliphatic carbocycles. The molecule has 20 heavy (non-hydrogen) atoms. The average Bonchev–Trinajstić information content (AvgIpc) is 2.77. The minimum Gasteiger partial charge on any atom is -0.373 e. The van der Waals surface area contributed by atoms with Gasteiger partial charge in [-0.05, 0) is 49.5 Å². The molecule has 0 bridgehead atoms. The van der Waals surface area contributed by atoms with E-state index in [2.05, 4.69) is 42.3 Å². The molecule has 0 radical (unpaired) electrons. The fourth-order valence-electron chi connectivity index (χ4n) is 2.92. The van der Waals surface area contributed by atoms with Crippen molar-refractivity contribution in [2.24, 2.45) is 0 Å². The summed E-state index contributed by atoms with van der Waals surface area (Å²) < 4.78 is 0. The Labute approximate surface area is 128 Å². The smallest absolute Gasteiger partial charge is 0.128 e. The van der Waals surface area contributed by atoms with Gasteiger partial charge in [-0.1, -0.05) is 26.0 Å². The van der Waals surface area contributed by atoms with Gasteiger partial charge in [0.05, 0.1) is 0 Å². The topological polar surface area (TPSA) is 35.5 Å². The minimum absolute atomic E-state index is 0. The summed E-state index contributed by atoms with van der Waals surface area (Å²) in [5, 5.41) is 12.8. The van der Waals surface area contributed by atoms with Gasteiger partial charge in [0.1, 0.15) is 6.23 Å². The Balaban J connectivity index is 0.00000200. The van der Waals surface area contributed by atoms with Gasteiger partial charge in [-0.2, -0.15) is 0 Å². The van der Waals surface area contributed by atoms with Crippen LogP contribution < -0.4 is 5.32 Å². The number of hydrogen-bond donors (Lipinski definition) is 2. The third-order valence-electron chi connectivity index (χ3n) is 3.77. The number of aliphatic hydroxyl groups excluding tert-OH is 1. The Bertz CT molecular complexity index is 405. The molecule has 1 aliphatic rings. The molecule has 1 unspecified atom stereocenters. The van der Waals surface area contributed by atoms with E-state index >= 15 is 0 Å². The van der Waals surface area contributed by atoms with Crippen LogP contribution in [-0.4, -0.2) is 35.9 Å². The standard InChI is InChI=1S/C16H26N2O.ClH/c1-3-9-18(10-4-2)11-8-13-6-5-7-15-14(13)12-16(19)17-15;/h5-7,16-17,19H,3-4,8-12H2,1-2H3;1H. The highest BCUT2D eigenvalue weighted by Crippen LogP contribution is 2.28. The Morgan fingerprint density at radius 1 is 1.20 bits per heavy atom. The molecule has 0 saturated heterocycles. The number of benzene rings is 1. The van der Waals surface area contributed by atoms with Crippen molar-refractivity contribution in [3.63, 3.8) is 0 Å². The molecule has 1 aliphatic heterocycles. The van der Waals surface area contributed by atoms with Crippen LogP contribution in [0.2, 0.25) is 0 Å². The Morgan fingerprint density at radius 2 is 1.90 bits per heavy atom. The predicted molar refractivity (Wildman–Crippen MR) is 87.7 cm³/mol.